The van der Waals surface area contributed by atoms with Gasteiger partial charge in [0.2, 0.25) is 0 Å². The number of allylic oxidation sites excluding steroid dienone is 3. The maximum atomic E-state index is 5.82. The molecule has 0 saturated heterocycles. The zero-order valence-electron chi connectivity index (χ0n) is 16.0. The van der Waals surface area contributed by atoms with Gasteiger partial charge in [-0.3, -0.25) is 0 Å². The predicted molar refractivity (Wildman–Crippen MR) is 102 cm³/mol. The summed E-state index contributed by atoms with van der Waals surface area (Å²) in [6.07, 6.45) is 14.4. The zero-order valence-corrected chi connectivity index (χ0v) is 16.0. The maximum absolute atomic E-state index is 5.82. The quantitative estimate of drug-likeness (QED) is 0.468. The molecule has 4 bridgehead atoms. The third-order valence-corrected chi connectivity index (χ3v) is 6.49. The first-order chi connectivity index (χ1) is 11.6. The van der Waals surface area contributed by atoms with Crippen LogP contribution in [0.4, 0.5) is 0 Å². The van der Waals surface area contributed by atoms with Crippen LogP contribution in [0, 0.1) is 23.7 Å². The SMILES string of the molecule is CC(C)=CCCC(C)=CCOCCNC1C2CC3CC(C2)CC1C3. The molecule has 4 rings (SSSR count). The van der Waals surface area contributed by atoms with Gasteiger partial charge in [-0.25, -0.2) is 0 Å². The molecule has 4 aliphatic rings. The Bertz CT molecular complexity index is 433. The van der Waals surface area contributed by atoms with Gasteiger partial charge in [0.05, 0.1) is 13.2 Å². The van der Waals surface area contributed by atoms with Crippen LogP contribution in [0.2, 0.25) is 0 Å². The largest absolute Gasteiger partial charge is 0.376 e. The molecule has 0 aromatic heterocycles. The molecule has 0 spiro atoms. The van der Waals surface area contributed by atoms with E-state index in [9.17, 15) is 0 Å². The lowest BCUT2D eigenvalue weighted by atomic mass is 9.54. The van der Waals surface area contributed by atoms with E-state index in [1.807, 2.05) is 0 Å². The van der Waals surface area contributed by atoms with Crippen LogP contribution in [0.5, 0.6) is 0 Å². The first-order valence-electron chi connectivity index (χ1n) is 10.2. The van der Waals surface area contributed by atoms with E-state index in [1.54, 1.807) is 6.42 Å². The van der Waals surface area contributed by atoms with Crippen LogP contribution in [-0.4, -0.2) is 25.8 Å². The van der Waals surface area contributed by atoms with Crippen LogP contribution in [0.15, 0.2) is 23.3 Å². The van der Waals surface area contributed by atoms with Crippen LogP contribution in [-0.2, 0) is 4.74 Å². The molecule has 4 saturated carbocycles. The molecule has 0 aromatic rings. The Morgan fingerprint density at radius 2 is 1.62 bits per heavy atom. The van der Waals surface area contributed by atoms with E-state index in [2.05, 4.69) is 38.2 Å². The monoisotopic (exact) mass is 331 g/mol. The second-order valence-corrected chi connectivity index (χ2v) is 8.86. The van der Waals surface area contributed by atoms with Crippen LogP contribution in [0.1, 0.15) is 65.7 Å². The molecule has 4 fully saturated rings. The van der Waals surface area contributed by atoms with Gasteiger partial charge in [-0.15, -0.1) is 0 Å². The van der Waals surface area contributed by atoms with Crippen LogP contribution >= 0.6 is 0 Å². The zero-order chi connectivity index (χ0) is 16.9. The van der Waals surface area contributed by atoms with Gasteiger partial charge in [-0.05, 0) is 89.4 Å². The van der Waals surface area contributed by atoms with Crippen molar-refractivity contribution in [3.8, 4) is 0 Å². The fourth-order valence-electron chi connectivity index (χ4n) is 5.53. The molecule has 0 radical (unpaired) electrons. The van der Waals surface area contributed by atoms with E-state index >= 15 is 0 Å². The first kappa shape index (κ1) is 18.2. The Morgan fingerprint density at radius 3 is 2.25 bits per heavy atom. The normalized spacial score (nSPS) is 34.6. The Morgan fingerprint density at radius 1 is 0.958 bits per heavy atom. The fraction of sp³-hybridized carbons (Fsp3) is 0.818. The fourth-order valence-corrected chi connectivity index (χ4v) is 5.53. The molecular weight excluding hydrogens is 294 g/mol. The molecule has 0 heterocycles. The third-order valence-electron chi connectivity index (χ3n) is 6.49. The van der Waals surface area contributed by atoms with E-state index in [0.717, 1.165) is 62.3 Å². The highest BCUT2D eigenvalue weighted by molar-refractivity contribution is 5.03. The van der Waals surface area contributed by atoms with Gasteiger partial charge in [-0.2, -0.15) is 0 Å². The molecule has 0 amide bonds. The standard InChI is InChI=1S/C22H37NO/c1-16(2)5-4-6-17(3)7-9-24-10-8-23-22-20-12-18-11-19(14-20)15-21(22)13-18/h5,7,18-23H,4,6,8-15H2,1-3H3. The van der Waals surface area contributed by atoms with Crippen LogP contribution < -0.4 is 5.32 Å². The summed E-state index contributed by atoms with van der Waals surface area (Å²) in [6.45, 7) is 9.19. The number of rotatable bonds is 9. The first-order valence-corrected chi connectivity index (χ1v) is 10.2. The number of ether oxygens (including phenoxy) is 1. The van der Waals surface area contributed by atoms with Crippen molar-refractivity contribution < 1.29 is 4.74 Å². The summed E-state index contributed by atoms with van der Waals surface area (Å²) in [7, 11) is 0. The van der Waals surface area contributed by atoms with Gasteiger partial charge in [0.15, 0.2) is 0 Å². The summed E-state index contributed by atoms with van der Waals surface area (Å²) in [4.78, 5) is 0. The van der Waals surface area contributed by atoms with Crippen LogP contribution in [0.3, 0.4) is 0 Å². The van der Waals surface area contributed by atoms with Crippen molar-refractivity contribution in [3.63, 3.8) is 0 Å². The van der Waals surface area contributed by atoms with Crippen molar-refractivity contribution in [1.82, 2.24) is 5.32 Å². The summed E-state index contributed by atoms with van der Waals surface area (Å²) in [5, 5.41) is 3.85. The van der Waals surface area contributed by atoms with Gasteiger partial charge in [0.25, 0.3) is 0 Å². The van der Waals surface area contributed by atoms with E-state index in [-0.39, 0.29) is 0 Å². The van der Waals surface area contributed by atoms with Crippen LogP contribution in [0.25, 0.3) is 0 Å². The van der Waals surface area contributed by atoms with Gasteiger partial charge < -0.3 is 10.1 Å². The summed E-state index contributed by atoms with van der Waals surface area (Å²) < 4.78 is 5.82. The number of nitrogens with one attached hydrogen (secondary N) is 1. The molecule has 136 valence electrons. The Hall–Kier alpha value is -0.600. The molecule has 24 heavy (non-hydrogen) atoms. The van der Waals surface area contributed by atoms with E-state index in [4.69, 9.17) is 4.74 Å². The number of hydrogen-bond acceptors (Lipinski definition) is 2. The minimum Gasteiger partial charge on any atom is -0.376 e. The van der Waals surface area contributed by atoms with E-state index in [1.165, 1.54) is 36.8 Å². The summed E-state index contributed by atoms with van der Waals surface area (Å²) >= 11 is 0. The molecule has 0 unspecified atom stereocenters. The molecule has 2 heteroatoms. The third kappa shape index (κ3) is 4.95. The van der Waals surface area contributed by atoms with Crippen molar-refractivity contribution in [1.29, 1.82) is 0 Å². The van der Waals surface area contributed by atoms with E-state index < -0.39 is 0 Å². The topological polar surface area (TPSA) is 21.3 Å². The highest BCUT2D eigenvalue weighted by atomic mass is 16.5. The highest BCUT2D eigenvalue weighted by Crippen LogP contribution is 2.53. The molecule has 1 N–H and O–H groups in total. The van der Waals surface area contributed by atoms with Crippen molar-refractivity contribution in [2.24, 2.45) is 23.7 Å². The lowest BCUT2D eigenvalue weighted by molar-refractivity contribution is -0.0156. The molecule has 0 aromatic carbocycles. The number of hydrogen-bond donors (Lipinski definition) is 1. The minimum atomic E-state index is 0.768. The molecule has 0 atom stereocenters. The molecule has 2 nitrogen and oxygen atoms in total. The average Bonchev–Trinajstić information content (AvgIpc) is 2.51. The Kier molecular flexibility index (Phi) is 6.57. The summed E-state index contributed by atoms with van der Waals surface area (Å²) in [6, 6.07) is 0.794. The van der Waals surface area contributed by atoms with Crippen molar-refractivity contribution in [2.45, 2.75) is 71.8 Å². The smallest absolute Gasteiger partial charge is 0.0650 e. The predicted octanol–water partition coefficient (Wildman–Crippen LogP) is 5.11. The van der Waals surface area contributed by atoms with Crippen molar-refractivity contribution >= 4 is 0 Å². The second-order valence-electron chi connectivity index (χ2n) is 8.86. The molecule has 0 aliphatic heterocycles. The second kappa shape index (κ2) is 8.67. The maximum Gasteiger partial charge on any atom is 0.0650 e. The van der Waals surface area contributed by atoms with E-state index in [0.29, 0.717) is 0 Å². The van der Waals surface area contributed by atoms with Gasteiger partial charge in [0, 0.05) is 12.6 Å². The van der Waals surface area contributed by atoms with Gasteiger partial charge in [-0.1, -0.05) is 23.3 Å². The summed E-state index contributed by atoms with van der Waals surface area (Å²) in [5.74, 6) is 4.08. The van der Waals surface area contributed by atoms with Gasteiger partial charge in [0.1, 0.15) is 0 Å². The molecule has 4 aliphatic carbocycles. The van der Waals surface area contributed by atoms with Gasteiger partial charge >= 0.3 is 0 Å². The lowest BCUT2D eigenvalue weighted by Crippen LogP contribution is -2.55. The molecular formula is C22H37NO. The lowest BCUT2D eigenvalue weighted by Gasteiger charge is -2.54. The average molecular weight is 332 g/mol. The van der Waals surface area contributed by atoms with Crippen molar-refractivity contribution in [2.75, 3.05) is 19.8 Å². The highest BCUT2D eigenvalue weighted by Gasteiger charge is 2.47. The Labute approximate surface area is 149 Å². The van der Waals surface area contributed by atoms with Crippen molar-refractivity contribution in [3.05, 3.63) is 23.3 Å². The summed E-state index contributed by atoms with van der Waals surface area (Å²) in [5.41, 5.74) is 2.86. The Balaban J connectivity index is 1.27. The minimum absolute atomic E-state index is 0.768.